The fourth-order valence-electron chi connectivity index (χ4n) is 3.67. The van der Waals surface area contributed by atoms with Gasteiger partial charge in [0, 0.05) is 23.8 Å². The van der Waals surface area contributed by atoms with Crippen LogP contribution in [0.15, 0.2) is 48.5 Å². The highest BCUT2D eigenvalue weighted by Gasteiger charge is 2.44. The minimum atomic E-state index is -0.323. The van der Waals surface area contributed by atoms with Crippen LogP contribution in [0.4, 0.5) is 10.1 Å². The van der Waals surface area contributed by atoms with Gasteiger partial charge in [-0.25, -0.2) is 4.39 Å². The summed E-state index contributed by atoms with van der Waals surface area (Å²) in [6.07, 6.45) is 4.78. The average molecular weight is 354 g/mol. The molecule has 0 bridgehead atoms. The van der Waals surface area contributed by atoms with Gasteiger partial charge in [-0.3, -0.25) is 4.79 Å². The molecule has 1 saturated heterocycles. The topological polar surface area (TPSA) is 50.4 Å². The minimum Gasteiger partial charge on any atom is -0.373 e. The lowest BCUT2D eigenvalue weighted by molar-refractivity contribution is -0.0563. The molecule has 5 heteroatoms. The lowest BCUT2D eigenvalue weighted by atomic mass is 9.77. The van der Waals surface area contributed by atoms with Crippen LogP contribution in [0.5, 0.6) is 0 Å². The molecule has 4 rings (SSSR count). The summed E-state index contributed by atoms with van der Waals surface area (Å²) in [5.41, 5.74) is 2.46. The summed E-state index contributed by atoms with van der Waals surface area (Å²) < 4.78 is 18.9. The van der Waals surface area contributed by atoms with Gasteiger partial charge >= 0.3 is 0 Å². The van der Waals surface area contributed by atoms with E-state index >= 15 is 0 Å². The van der Waals surface area contributed by atoms with Gasteiger partial charge in [0.1, 0.15) is 5.82 Å². The molecule has 136 valence electrons. The standard InChI is InChI=1S/C21H23FN2O2/c22-17-6-8-18(9-7-17)24-20(25)16-4-2-15(3-5-16)13-23-19-12-21(26-14-19)10-1-11-21/h2-9,19,23H,1,10-14H2,(H,24,25). The lowest BCUT2D eigenvalue weighted by Crippen LogP contribution is -2.37. The summed E-state index contributed by atoms with van der Waals surface area (Å²) in [7, 11) is 0. The van der Waals surface area contributed by atoms with Crippen LogP contribution >= 0.6 is 0 Å². The number of halogens is 1. The molecule has 26 heavy (non-hydrogen) atoms. The number of ether oxygens (including phenoxy) is 1. The Hall–Kier alpha value is -2.24. The van der Waals surface area contributed by atoms with Crippen molar-refractivity contribution >= 4 is 11.6 Å². The van der Waals surface area contributed by atoms with E-state index in [1.165, 1.54) is 31.4 Å². The van der Waals surface area contributed by atoms with Gasteiger partial charge in [-0.05, 0) is 67.6 Å². The van der Waals surface area contributed by atoms with E-state index in [1.54, 1.807) is 12.1 Å². The molecule has 1 unspecified atom stereocenters. The highest BCUT2D eigenvalue weighted by Crippen LogP contribution is 2.43. The van der Waals surface area contributed by atoms with Gasteiger partial charge in [-0.15, -0.1) is 0 Å². The Morgan fingerprint density at radius 1 is 1.12 bits per heavy atom. The summed E-state index contributed by atoms with van der Waals surface area (Å²) in [6.45, 7) is 1.56. The molecule has 2 aromatic rings. The van der Waals surface area contributed by atoms with Crippen molar-refractivity contribution in [2.45, 2.75) is 43.9 Å². The zero-order valence-electron chi connectivity index (χ0n) is 14.6. The van der Waals surface area contributed by atoms with Crippen LogP contribution in [-0.4, -0.2) is 24.2 Å². The smallest absolute Gasteiger partial charge is 0.255 e. The van der Waals surface area contributed by atoms with Crippen LogP contribution in [-0.2, 0) is 11.3 Å². The molecule has 1 aliphatic heterocycles. The number of nitrogens with one attached hydrogen (secondary N) is 2. The van der Waals surface area contributed by atoms with Crippen molar-refractivity contribution in [2.24, 2.45) is 0 Å². The summed E-state index contributed by atoms with van der Waals surface area (Å²) in [6, 6.07) is 13.7. The number of amides is 1. The second-order valence-electron chi connectivity index (χ2n) is 7.29. The van der Waals surface area contributed by atoms with Crippen molar-refractivity contribution in [1.82, 2.24) is 5.32 Å². The van der Waals surface area contributed by atoms with Crippen molar-refractivity contribution in [3.63, 3.8) is 0 Å². The Labute approximate surface area is 152 Å². The molecule has 0 aromatic heterocycles. The molecule has 1 spiro atoms. The maximum atomic E-state index is 12.9. The monoisotopic (exact) mass is 354 g/mol. The van der Waals surface area contributed by atoms with Crippen LogP contribution < -0.4 is 10.6 Å². The van der Waals surface area contributed by atoms with Gasteiger partial charge in [-0.2, -0.15) is 0 Å². The van der Waals surface area contributed by atoms with Crippen molar-refractivity contribution in [1.29, 1.82) is 0 Å². The Kier molecular flexibility index (Phi) is 4.74. The highest BCUT2D eigenvalue weighted by atomic mass is 19.1. The lowest BCUT2D eigenvalue weighted by Gasteiger charge is -2.37. The summed E-state index contributed by atoms with van der Waals surface area (Å²) in [4.78, 5) is 12.3. The third-order valence-corrected chi connectivity index (χ3v) is 5.39. The zero-order valence-corrected chi connectivity index (χ0v) is 14.6. The summed E-state index contributed by atoms with van der Waals surface area (Å²) >= 11 is 0. The number of benzene rings is 2. The molecule has 4 nitrogen and oxygen atoms in total. The number of rotatable bonds is 5. The largest absolute Gasteiger partial charge is 0.373 e. The second-order valence-corrected chi connectivity index (χ2v) is 7.29. The number of hydrogen-bond acceptors (Lipinski definition) is 3. The van der Waals surface area contributed by atoms with E-state index in [1.807, 2.05) is 24.3 Å². The Bertz CT molecular complexity index is 770. The van der Waals surface area contributed by atoms with Gasteiger partial charge in [0.15, 0.2) is 0 Å². The molecular formula is C21H23FN2O2. The Balaban J connectivity index is 1.29. The van der Waals surface area contributed by atoms with Gasteiger partial charge in [0.2, 0.25) is 0 Å². The molecule has 1 atom stereocenters. The van der Waals surface area contributed by atoms with E-state index in [0.717, 1.165) is 25.1 Å². The predicted octanol–water partition coefficient (Wildman–Crippen LogP) is 3.88. The van der Waals surface area contributed by atoms with Gasteiger partial charge < -0.3 is 15.4 Å². The third-order valence-electron chi connectivity index (χ3n) is 5.39. The van der Waals surface area contributed by atoms with Crippen LogP contribution in [0, 0.1) is 5.82 Å². The van der Waals surface area contributed by atoms with Crippen LogP contribution in [0.3, 0.4) is 0 Å². The van der Waals surface area contributed by atoms with E-state index in [0.29, 0.717) is 17.3 Å². The van der Waals surface area contributed by atoms with Gasteiger partial charge in [0.05, 0.1) is 12.2 Å². The zero-order chi connectivity index (χ0) is 18.0. The van der Waals surface area contributed by atoms with Crippen LogP contribution in [0.25, 0.3) is 0 Å². The Morgan fingerprint density at radius 2 is 1.85 bits per heavy atom. The summed E-state index contributed by atoms with van der Waals surface area (Å²) in [5.74, 6) is -0.525. The van der Waals surface area contributed by atoms with Gasteiger partial charge in [-0.1, -0.05) is 12.1 Å². The fourth-order valence-corrected chi connectivity index (χ4v) is 3.67. The van der Waals surface area contributed by atoms with E-state index in [9.17, 15) is 9.18 Å². The van der Waals surface area contributed by atoms with Crippen molar-refractivity contribution < 1.29 is 13.9 Å². The minimum absolute atomic E-state index is 0.167. The molecule has 2 aliphatic rings. The highest BCUT2D eigenvalue weighted by molar-refractivity contribution is 6.04. The molecule has 2 fully saturated rings. The van der Waals surface area contributed by atoms with E-state index < -0.39 is 0 Å². The number of anilines is 1. The maximum absolute atomic E-state index is 12.9. The second kappa shape index (κ2) is 7.17. The predicted molar refractivity (Wildman–Crippen MR) is 98.6 cm³/mol. The third kappa shape index (κ3) is 3.79. The molecular weight excluding hydrogens is 331 g/mol. The van der Waals surface area contributed by atoms with E-state index in [4.69, 9.17) is 4.74 Å². The first kappa shape index (κ1) is 17.2. The molecule has 2 N–H and O–H groups in total. The quantitative estimate of drug-likeness (QED) is 0.857. The van der Waals surface area contributed by atoms with Crippen molar-refractivity contribution in [2.75, 3.05) is 11.9 Å². The van der Waals surface area contributed by atoms with E-state index in [2.05, 4.69) is 10.6 Å². The van der Waals surface area contributed by atoms with Crippen LogP contribution in [0.2, 0.25) is 0 Å². The molecule has 1 amide bonds. The molecule has 1 saturated carbocycles. The number of carbonyl (C=O) groups is 1. The summed E-state index contributed by atoms with van der Waals surface area (Å²) in [5, 5.41) is 6.32. The van der Waals surface area contributed by atoms with Crippen molar-refractivity contribution in [3.8, 4) is 0 Å². The fraction of sp³-hybridized carbons (Fsp3) is 0.381. The normalized spacial score (nSPS) is 20.7. The average Bonchev–Trinajstić information content (AvgIpc) is 3.07. The first-order valence-electron chi connectivity index (χ1n) is 9.15. The van der Waals surface area contributed by atoms with E-state index in [-0.39, 0.29) is 17.3 Å². The number of hydrogen-bond donors (Lipinski definition) is 2. The molecule has 1 heterocycles. The molecule has 0 radical (unpaired) electrons. The molecule has 1 aliphatic carbocycles. The Morgan fingerprint density at radius 3 is 2.46 bits per heavy atom. The number of carbonyl (C=O) groups excluding carboxylic acids is 1. The first-order chi connectivity index (χ1) is 12.6. The SMILES string of the molecule is O=C(Nc1ccc(F)cc1)c1ccc(CNC2COC3(CCC3)C2)cc1. The van der Waals surface area contributed by atoms with Crippen molar-refractivity contribution in [3.05, 3.63) is 65.5 Å². The maximum Gasteiger partial charge on any atom is 0.255 e. The van der Waals surface area contributed by atoms with Gasteiger partial charge in [0.25, 0.3) is 5.91 Å². The molecule has 2 aromatic carbocycles. The first-order valence-corrected chi connectivity index (χ1v) is 9.15. The van der Waals surface area contributed by atoms with Crippen LogP contribution in [0.1, 0.15) is 41.6 Å².